The summed E-state index contributed by atoms with van der Waals surface area (Å²) in [5.74, 6) is 1.46. The molecule has 0 aliphatic heterocycles. The molecule has 144 valence electrons. The van der Waals surface area contributed by atoms with Gasteiger partial charge in [0.25, 0.3) is 5.56 Å². The molecule has 0 saturated carbocycles. The van der Waals surface area contributed by atoms with Crippen molar-refractivity contribution in [1.29, 1.82) is 0 Å². The lowest BCUT2D eigenvalue weighted by molar-refractivity contribution is 0.571. The van der Waals surface area contributed by atoms with Gasteiger partial charge in [-0.25, -0.2) is 9.38 Å². The summed E-state index contributed by atoms with van der Waals surface area (Å²) in [7, 11) is 0. The van der Waals surface area contributed by atoms with Crippen LogP contribution in [0, 0.1) is 27.7 Å². The minimum atomic E-state index is -0.0557. The van der Waals surface area contributed by atoms with Gasteiger partial charge in [0.2, 0.25) is 0 Å². The van der Waals surface area contributed by atoms with Crippen LogP contribution in [-0.4, -0.2) is 9.38 Å². The molecule has 5 rings (SSSR count). The fraction of sp³-hybridized carbons (Fsp3) is 0.167. The zero-order valence-electron chi connectivity index (χ0n) is 16.7. The minimum Gasteiger partial charge on any atom is -0.457 e. The molecule has 29 heavy (non-hydrogen) atoms. The Bertz CT molecular complexity index is 1520. The number of thiazole rings is 1. The van der Waals surface area contributed by atoms with E-state index in [1.165, 1.54) is 28.0 Å². The van der Waals surface area contributed by atoms with Crippen LogP contribution in [0.4, 0.5) is 0 Å². The van der Waals surface area contributed by atoms with Crippen molar-refractivity contribution in [2.24, 2.45) is 0 Å². The van der Waals surface area contributed by atoms with Crippen LogP contribution >= 0.6 is 11.3 Å². The van der Waals surface area contributed by atoms with Gasteiger partial charge >= 0.3 is 0 Å². The summed E-state index contributed by atoms with van der Waals surface area (Å²) in [4.78, 5) is 18.4. The highest BCUT2D eigenvalue weighted by atomic mass is 32.1. The SMILES string of the molecule is Cc1ccc(-c2ccc(/C=c3\sc4nc5cc(C)c(C)cc5n4c3=O)o2)cc1C. The molecule has 0 saturated heterocycles. The van der Waals surface area contributed by atoms with Gasteiger partial charge in [0.05, 0.1) is 11.0 Å². The summed E-state index contributed by atoms with van der Waals surface area (Å²) in [6, 6.07) is 14.2. The van der Waals surface area contributed by atoms with Crippen LogP contribution in [0.3, 0.4) is 0 Å². The highest BCUT2D eigenvalue weighted by molar-refractivity contribution is 7.15. The van der Waals surface area contributed by atoms with Crippen molar-refractivity contribution in [2.45, 2.75) is 27.7 Å². The molecule has 0 unspecified atom stereocenters. The van der Waals surface area contributed by atoms with E-state index >= 15 is 0 Å². The first-order valence-electron chi connectivity index (χ1n) is 9.52. The van der Waals surface area contributed by atoms with Crippen molar-refractivity contribution in [3.8, 4) is 11.3 Å². The van der Waals surface area contributed by atoms with E-state index in [9.17, 15) is 4.79 Å². The van der Waals surface area contributed by atoms with Gasteiger partial charge in [-0.3, -0.25) is 4.79 Å². The summed E-state index contributed by atoms with van der Waals surface area (Å²) < 4.78 is 8.32. The maximum atomic E-state index is 13.0. The second kappa shape index (κ2) is 6.42. The minimum absolute atomic E-state index is 0.0557. The van der Waals surface area contributed by atoms with Gasteiger partial charge in [-0.2, -0.15) is 0 Å². The molecule has 2 aromatic carbocycles. The number of aromatic nitrogens is 2. The van der Waals surface area contributed by atoms with Gasteiger partial charge in [-0.05, 0) is 80.3 Å². The van der Waals surface area contributed by atoms with Gasteiger partial charge in [-0.1, -0.05) is 23.5 Å². The number of hydrogen-bond donors (Lipinski definition) is 0. The Morgan fingerprint density at radius 2 is 1.69 bits per heavy atom. The number of hydrogen-bond acceptors (Lipinski definition) is 4. The molecule has 3 aromatic heterocycles. The maximum absolute atomic E-state index is 13.0. The van der Waals surface area contributed by atoms with Crippen LogP contribution in [0.5, 0.6) is 0 Å². The van der Waals surface area contributed by atoms with Gasteiger partial charge in [0, 0.05) is 11.6 Å². The third-order valence-corrected chi connectivity index (χ3v) is 6.51. The van der Waals surface area contributed by atoms with Crippen LogP contribution in [0.2, 0.25) is 0 Å². The lowest BCUT2D eigenvalue weighted by Crippen LogP contribution is -2.22. The van der Waals surface area contributed by atoms with E-state index in [0.29, 0.717) is 15.3 Å². The average molecular weight is 401 g/mol. The number of aryl methyl sites for hydroxylation is 4. The average Bonchev–Trinajstić information content (AvgIpc) is 3.35. The zero-order chi connectivity index (χ0) is 20.3. The topological polar surface area (TPSA) is 47.5 Å². The van der Waals surface area contributed by atoms with Crippen molar-refractivity contribution in [3.63, 3.8) is 0 Å². The molecular weight excluding hydrogens is 380 g/mol. The lowest BCUT2D eigenvalue weighted by atomic mass is 10.1. The Hall–Kier alpha value is -3.18. The van der Waals surface area contributed by atoms with Gasteiger partial charge in [0.1, 0.15) is 16.1 Å². The van der Waals surface area contributed by atoms with Crippen molar-refractivity contribution in [2.75, 3.05) is 0 Å². The fourth-order valence-electron chi connectivity index (χ4n) is 3.53. The summed E-state index contributed by atoms with van der Waals surface area (Å²) in [5.41, 5.74) is 7.51. The van der Waals surface area contributed by atoms with Gasteiger partial charge < -0.3 is 4.42 Å². The second-order valence-electron chi connectivity index (χ2n) is 7.57. The van der Waals surface area contributed by atoms with Crippen LogP contribution in [-0.2, 0) is 0 Å². The molecule has 0 fully saturated rings. The zero-order valence-corrected chi connectivity index (χ0v) is 17.6. The van der Waals surface area contributed by atoms with Gasteiger partial charge in [0.15, 0.2) is 4.96 Å². The Morgan fingerprint density at radius 3 is 2.48 bits per heavy atom. The van der Waals surface area contributed by atoms with E-state index in [1.807, 2.05) is 24.3 Å². The first kappa shape index (κ1) is 17.9. The first-order chi connectivity index (χ1) is 13.9. The fourth-order valence-corrected chi connectivity index (χ4v) is 4.49. The van der Waals surface area contributed by atoms with E-state index in [-0.39, 0.29) is 5.56 Å². The molecule has 0 bridgehead atoms. The van der Waals surface area contributed by atoms with E-state index in [4.69, 9.17) is 4.42 Å². The molecule has 0 spiro atoms. The molecule has 0 radical (unpaired) electrons. The highest BCUT2D eigenvalue weighted by Crippen LogP contribution is 2.25. The Morgan fingerprint density at radius 1 is 0.931 bits per heavy atom. The van der Waals surface area contributed by atoms with Crippen LogP contribution in [0.1, 0.15) is 28.0 Å². The largest absolute Gasteiger partial charge is 0.457 e. The third-order valence-electron chi connectivity index (χ3n) is 5.55. The quantitative estimate of drug-likeness (QED) is 0.421. The number of benzene rings is 2. The summed E-state index contributed by atoms with van der Waals surface area (Å²) in [6.07, 6.45) is 1.80. The standard InChI is InChI=1S/C24H20N2O2S/c1-13-5-6-17(9-14(13)2)21-8-7-18(28-21)12-22-23(27)26-20-11-16(4)15(3)10-19(20)25-24(26)29-22/h5-12H,1-4H3/b22-12-. The van der Waals surface area contributed by atoms with Crippen LogP contribution in [0.25, 0.3) is 33.4 Å². The lowest BCUT2D eigenvalue weighted by Gasteiger charge is -2.02. The monoisotopic (exact) mass is 400 g/mol. The summed E-state index contributed by atoms with van der Waals surface area (Å²) >= 11 is 1.39. The summed E-state index contributed by atoms with van der Waals surface area (Å²) in [5, 5.41) is 0. The number of imidazole rings is 1. The second-order valence-corrected chi connectivity index (χ2v) is 8.58. The molecule has 0 amide bonds. The highest BCUT2D eigenvalue weighted by Gasteiger charge is 2.13. The van der Waals surface area contributed by atoms with E-state index in [1.54, 1.807) is 10.5 Å². The smallest absolute Gasteiger partial charge is 0.275 e. The number of furan rings is 1. The number of fused-ring (bicyclic) bond motifs is 3. The van der Waals surface area contributed by atoms with Crippen LogP contribution in [0.15, 0.2) is 51.7 Å². The molecule has 5 aromatic rings. The van der Waals surface area contributed by atoms with Crippen LogP contribution < -0.4 is 10.1 Å². The van der Waals surface area contributed by atoms with Crippen molar-refractivity contribution in [3.05, 3.63) is 85.4 Å². The molecule has 0 atom stereocenters. The van der Waals surface area contributed by atoms with Crippen molar-refractivity contribution >= 4 is 33.4 Å². The Balaban J connectivity index is 1.61. The molecule has 0 N–H and O–H groups in total. The van der Waals surface area contributed by atoms with E-state index in [2.05, 4.69) is 50.9 Å². The van der Waals surface area contributed by atoms with E-state index < -0.39 is 0 Å². The first-order valence-corrected chi connectivity index (χ1v) is 10.3. The number of rotatable bonds is 2. The molecule has 4 nitrogen and oxygen atoms in total. The Kier molecular flexibility index (Phi) is 3.96. The Labute approximate surface area is 171 Å². The molecular formula is C24H20N2O2S. The number of nitrogens with zero attached hydrogens (tertiary/aromatic N) is 2. The normalized spacial score (nSPS) is 12.5. The predicted octanol–water partition coefficient (Wildman–Crippen LogP) is 4.95. The molecule has 3 heterocycles. The van der Waals surface area contributed by atoms with Crippen molar-refractivity contribution in [1.82, 2.24) is 9.38 Å². The molecule has 0 aliphatic carbocycles. The molecule has 5 heteroatoms. The van der Waals surface area contributed by atoms with Gasteiger partial charge in [-0.15, -0.1) is 0 Å². The predicted molar refractivity (Wildman–Crippen MR) is 119 cm³/mol. The third kappa shape index (κ3) is 2.89. The maximum Gasteiger partial charge on any atom is 0.275 e. The summed E-state index contributed by atoms with van der Waals surface area (Å²) in [6.45, 7) is 8.29. The molecule has 0 aliphatic rings. The van der Waals surface area contributed by atoms with Crippen molar-refractivity contribution < 1.29 is 4.42 Å². The van der Waals surface area contributed by atoms with E-state index in [0.717, 1.165) is 27.9 Å².